The number of aromatic nitrogens is 4. The molecule has 2 rings (SSSR count). The van der Waals surface area contributed by atoms with Crippen molar-refractivity contribution in [2.75, 3.05) is 0 Å². The number of tetrazole rings is 1. The number of rotatable bonds is 1. The maximum atomic E-state index is 13.9. The SMILES string of the molecule is CC(C)(C)c1nnnn1-c1c(F)cc(Br)cc1F. The summed E-state index contributed by atoms with van der Waals surface area (Å²) >= 11 is 3.03. The summed E-state index contributed by atoms with van der Waals surface area (Å²) in [6.07, 6.45) is 0. The number of benzene rings is 1. The largest absolute Gasteiger partial charge is 0.204 e. The van der Waals surface area contributed by atoms with Crippen LogP contribution < -0.4 is 0 Å². The van der Waals surface area contributed by atoms with E-state index < -0.39 is 17.0 Å². The van der Waals surface area contributed by atoms with Crippen molar-refractivity contribution in [1.29, 1.82) is 0 Å². The van der Waals surface area contributed by atoms with Crippen LogP contribution in [0.1, 0.15) is 26.6 Å². The van der Waals surface area contributed by atoms with Crippen LogP contribution in [0.15, 0.2) is 16.6 Å². The molecule has 0 radical (unpaired) electrons. The molecule has 0 fully saturated rings. The Morgan fingerprint density at radius 1 is 1.17 bits per heavy atom. The van der Waals surface area contributed by atoms with E-state index in [-0.39, 0.29) is 5.69 Å². The van der Waals surface area contributed by atoms with Gasteiger partial charge in [0.2, 0.25) is 0 Å². The number of hydrogen-bond donors (Lipinski definition) is 0. The fourth-order valence-electron chi connectivity index (χ4n) is 1.54. The summed E-state index contributed by atoms with van der Waals surface area (Å²) in [6, 6.07) is 2.35. The van der Waals surface area contributed by atoms with Crippen molar-refractivity contribution >= 4 is 15.9 Å². The van der Waals surface area contributed by atoms with Crippen LogP contribution in [0.5, 0.6) is 0 Å². The molecular formula is C11H11BrF2N4. The molecule has 1 aromatic carbocycles. The van der Waals surface area contributed by atoms with Gasteiger partial charge in [0.1, 0.15) is 5.69 Å². The molecule has 0 N–H and O–H groups in total. The molecular weight excluding hydrogens is 306 g/mol. The minimum absolute atomic E-state index is 0.270. The Bertz CT molecular complexity index is 566. The molecule has 0 unspecified atom stereocenters. The molecule has 0 spiro atoms. The summed E-state index contributed by atoms with van der Waals surface area (Å²) in [4.78, 5) is 0. The minimum atomic E-state index is -0.723. The van der Waals surface area contributed by atoms with Gasteiger partial charge in [0.15, 0.2) is 17.5 Å². The highest BCUT2D eigenvalue weighted by Crippen LogP contribution is 2.26. The predicted molar refractivity (Wildman–Crippen MR) is 65.5 cm³/mol. The molecule has 7 heteroatoms. The Balaban J connectivity index is 2.68. The number of halogens is 3. The third-order valence-electron chi connectivity index (χ3n) is 2.33. The van der Waals surface area contributed by atoms with Gasteiger partial charge in [-0.05, 0) is 22.6 Å². The first-order chi connectivity index (χ1) is 8.30. The molecule has 2 aromatic rings. The normalized spacial score (nSPS) is 11.9. The summed E-state index contributed by atoms with van der Waals surface area (Å²) in [5, 5.41) is 11.0. The van der Waals surface area contributed by atoms with Gasteiger partial charge in [-0.1, -0.05) is 36.7 Å². The monoisotopic (exact) mass is 316 g/mol. The fraction of sp³-hybridized carbons (Fsp3) is 0.364. The summed E-state index contributed by atoms with van der Waals surface area (Å²) in [7, 11) is 0. The second-order valence-electron chi connectivity index (χ2n) is 4.88. The van der Waals surface area contributed by atoms with Crippen molar-refractivity contribution in [3.8, 4) is 5.69 Å². The first-order valence-electron chi connectivity index (χ1n) is 5.24. The number of nitrogens with zero attached hydrogens (tertiary/aromatic N) is 4. The summed E-state index contributed by atoms with van der Waals surface area (Å²) in [5.41, 5.74) is -0.691. The molecule has 96 valence electrons. The van der Waals surface area contributed by atoms with E-state index >= 15 is 0 Å². The van der Waals surface area contributed by atoms with Crippen LogP contribution in [0, 0.1) is 11.6 Å². The maximum absolute atomic E-state index is 13.9. The zero-order valence-corrected chi connectivity index (χ0v) is 11.7. The first kappa shape index (κ1) is 13.1. The molecule has 0 atom stereocenters. The average Bonchev–Trinajstić information content (AvgIpc) is 2.63. The molecule has 0 aliphatic heterocycles. The van der Waals surface area contributed by atoms with E-state index in [1.165, 1.54) is 12.1 Å². The van der Waals surface area contributed by atoms with E-state index in [9.17, 15) is 8.78 Å². The van der Waals surface area contributed by atoms with Gasteiger partial charge in [-0.15, -0.1) is 5.10 Å². The maximum Gasteiger partial charge on any atom is 0.162 e. The summed E-state index contributed by atoms with van der Waals surface area (Å²) in [6.45, 7) is 5.59. The lowest BCUT2D eigenvalue weighted by Gasteiger charge is -2.17. The second-order valence-corrected chi connectivity index (χ2v) is 5.80. The molecule has 0 amide bonds. The van der Waals surface area contributed by atoms with Crippen molar-refractivity contribution in [1.82, 2.24) is 20.2 Å². The number of hydrogen-bond acceptors (Lipinski definition) is 3. The molecule has 18 heavy (non-hydrogen) atoms. The van der Waals surface area contributed by atoms with Crippen LogP contribution in [0.2, 0.25) is 0 Å². The molecule has 0 saturated carbocycles. The summed E-state index contributed by atoms with van der Waals surface area (Å²) in [5.74, 6) is -1.05. The summed E-state index contributed by atoms with van der Waals surface area (Å²) < 4.78 is 29.1. The molecule has 1 aromatic heterocycles. The van der Waals surface area contributed by atoms with Gasteiger partial charge >= 0.3 is 0 Å². The lowest BCUT2D eigenvalue weighted by atomic mass is 9.96. The van der Waals surface area contributed by atoms with Crippen LogP contribution in [-0.4, -0.2) is 20.2 Å². The third kappa shape index (κ3) is 2.27. The van der Waals surface area contributed by atoms with Gasteiger partial charge in [-0.2, -0.15) is 4.68 Å². The van der Waals surface area contributed by atoms with Crippen molar-refractivity contribution in [3.63, 3.8) is 0 Å². The van der Waals surface area contributed by atoms with Crippen molar-refractivity contribution in [2.24, 2.45) is 0 Å². The molecule has 0 saturated heterocycles. The van der Waals surface area contributed by atoms with E-state index in [2.05, 4.69) is 31.5 Å². The quantitative estimate of drug-likeness (QED) is 0.812. The topological polar surface area (TPSA) is 43.6 Å². The van der Waals surface area contributed by atoms with Crippen LogP contribution in [0.4, 0.5) is 8.78 Å². The minimum Gasteiger partial charge on any atom is -0.204 e. The van der Waals surface area contributed by atoms with Gasteiger partial charge in [-0.3, -0.25) is 0 Å². The van der Waals surface area contributed by atoms with E-state index in [0.29, 0.717) is 10.3 Å². The Labute approximate surface area is 111 Å². The van der Waals surface area contributed by atoms with Gasteiger partial charge in [0.25, 0.3) is 0 Å². The van der Waals surface area contributed by atoms with Gasteiger partial charge < -0.3 is 0 Å². The third-order valence-corrected chi connectivity index (χ3v) is 2.79. The Hall–Kier alpha value is -1.37. The van der Waals surface area contributed by atoms with E-state index in [1.54, 1.807) is 0 Å². The van der Waals surface area contributed by atoms with Crippen molar-refractivity contribution in [2.45, 2.75) is 26.2 Å². The molecule has 0 bridgehead atoms. The molecule has 1 heterocycles. The van der Waals surface area contributed by atoms with Gasteiger partial charge in [0.05, 0.1) is 0 Å². The Morgan fingerprint density at radius 2 is 1.72 bits per heavy atom. The standard InChI is InChI=1S/C11H11BrF2N4/c1-11(2,3)10-15-16-17-18(10)9-7(13)4-6(12)5-8(9)14/h4-5H,1-3H3. The van der Waals surface area contributed by atoms with E-state index in [1.807, 2.05) is 20.8 Å². The van der Waals surface area contributed by atoms with Crippen molar-refractivity contribution in [3.05, 3.63) is 34.1 Å². The molecule has 0 aliphatic carbocycles. The van der Waals surface area contributed by atoms with Crippen molar-refractivity contribution < 1.29 is 8.78 Å². The average molecular weight is 317 g/mol. The van der Waals surface area contributed by atoms with E-state index in [4.69, 9.17) is 0 Å². The lowest BCUT2D eigenvalue weighted by Crippen LogP contribution is -2.20. The van der Waals surface area contributed by atoms with Crippen LogP contribution in [0.3, 0.4) is 0 Å². The van der Waals surface area contributed by atoms with Crippen LogP contribution in [-0.2, 0) is 5.41 Å². The Morgan fingerprint density at radius 3 is 2.22 bits per heavy atom. The Kier molecular flexibility index (Phi) is 3.18. The molecule has 0 aliphatic rings. The lowest BCUT2D eigenvalue weighted by molar-refractivity contribution is 0.502. The van der Waals surface area contributed by atoms with Gasteiger partial charge in [0, 0.05) is 9.89 Å². The smallest absolute Gasteiger partial charge is 0.162 e. The predicted octanol–water partition coefficient (Wildman–Crippen LogP) is 3.00. The highest BCUT2D eigenvalue weighted by Gasteiger charge is 2.26. The fourth-order valence-corrected chi connectivity index (χ4v) is 1.94. The first-order valence-corrected chi connectivity index (χ1v) is 6.04. The molecule has 4 nitrogen and oxygen atoms in total. The highest BCUT2D eigenvalue weighted by molar-refractivity contribution is 9.10. The van der Waals surface area contributed by atoms with E-state index in [0.717, 1.165) is 4.68 Å². The zero-order valence-electron chi connectivity index (χ0n) is 10.1. The van der Waals surface area contributed by atoms with Crippen LogP contribution in [0.25, 0.3) is 5.69 Å². The van der Waals surface area contributed by atoms with Gasteiger partial charge in [-0.25, -0.2) is 8.78 Å². The van der Waals surface area contributed by atoms with Crippen LogP contribution >= 0.6 is 15.9 Å². The second kappa shape index (κ2) is 4.38. The zero-order chi connectivity index (χ0) is 13.5. The highest BCUT2D eigenvalue weighted by atomic mass is 79.9.